The number of aliphatic hydroxyl groups excluding tert-OH is 1. The van der Waals surface area contributed by atoms with Crippen LogP contribution in [0.5, 0.6) is 0 Å². The van der Waals surface area contributed by atoms with Gasteiger partial charge in [-0.05, 0) is 12.8 Å². The van der Waals surface area contributed by atoms with Crippen molar-refractivity contribution in [2.24, 2.45) is 11.5 Å². The molecule has 0 aliphatic carbocycles. The highest BCUT2D eigenvalue weighted by Crippen LogP contribution is 2.38. The van der Waals surface area contributed by atoms with E-state index in [9.17, 15) is 14.7 Å². The SMILES string of the molecule is NC(=O)c1sc(N2CCCC(O)C2)c(C(N)=O)c1N. The lowest BCUT2D eigenvalue weighted by molar-refractivity contribution is 0.0999. The summed E-state index contributed by atoms with van der Waals surface area (Å²) in [5, 5.41) is 10.2. The van der Waals surface area contributed by atoms with Crippen LogP contribution < -0.4 is 22.1 Å². The molecule has 1 saturated heterocycles. The zero-order valence-corrected chi connectivity index (χ0v) is 11.1. The molecule has 19 heavy (non-hydrogen) atoms. The quantitative estimate of drug-likeness (QED) is 0.592. The van der Waals surface area contributed by atoms with Gasteiger partial charge in [-0.2, -0.15) is 0 Å². The topological polar surface area (TPSA) is 136 Å². The molecule has 1 aromatic heterocycles. The fraction of sp³-hybridized carbons (Fsp3) is 0.455. The van der Waals surface area contributed by atoms with Crippen molar-refractivity contribution < 1.29 is 14.7 Å². The van der Waals surface area contributed by atoms with E-state index in [0.29, 0.717) is 24.5 Å². The maximum atomic E-state index is 11.5. The summed E-state index contributed by atoms with van der Waals surface area (Å²) in [4.78, 5) is 24.7. The van der Waals surface area contributed by atoms with E-state index in [4.69, 9.17) is 17.2 Å². The second-order valence-corrected chi connectivity index (χ2v) is 5.49. The van der Waals surface area contributed by atoms with E-state index < -0.39 is 17.9 Å². The molecule has 0 spiro atoms. The third-order valence-corrected chi connectivity index (χ3v) is 4.36. The molecule has 1 fully saturated rings. The van der Waals surface area contributed by atoms with Crippen molar-refractivity contribution in [2.75, 3.05) is 23.7 Å². The molecule has 7 nitrogen and oxygen atoms in total. The van der Waals surface area contributed by atoms with E-state index in [-0.39, 0.29) is 16.1 Å². The van der Waals surface area contributed by atoms with Gasteiger partial charge in [0.05, 0.1) is 17.4 Å². The van der Waals surface area contributed by atoms with Gasteiger partial charge in [0.15, 0.2) is 0 Å². The lowest BCUT2D eigenvalue weighted by atomic mass is 10.1. The van der Waals surface area contributed by atoms with Crippen molar-refractivity contribution in [1.82, 2.24) is 0 Å². The Labute approximate surface area is 114 Å². The summed E-state index contributed by atoms with van der Waals surface area (Å²) < 4.78 is 0. The highest BCUT2D eigenvalue weighted by atomic mass is 32.1. The first-order valence-corrected chi connectivity index (χ1v) is 6.68. The van der Waals surface area contributed by atoms with Gasteiger partial charge in [-0.15, -0.1) is 11.3 Å². The van der Waals surface area contributed by atoms with Crippen LogP contribution in [0, 0.1) is 0 Å². The lowest BCUT2D eigenvalue weighted by Crippen LogP contribution is -2.38. The molecule has 0 aromatic carbocycles. The predicted molar refractivity (Wildman–Crippen MR) is 73.2 cm³/mol. The predicted octanol–water partition coefficient (Wildman–Crippen LogP) is -0.511. The van der Waals surface area contributed by atoms with Crippen LogP contribution in [0.25, 0.3) is 0 Å². The molecule has 2 heterocycles. The van der Waals surface area contributed by atoms with Crippen molar-refractivity contribution in [2.45, 2.75) is 18.9 Å². The van der Waals surface area contributed by atoms with Crippen LogP contribution in [0.15, 0.2) is 0 Å². The number of thiophene rings is 1. The van der Waals surface area contributed by atoms with E-state index >= 15 is 0 Å². The van der Waals surface area contributed by atoms with Crippen molar-refractivity contribution in [3.05, 3.63) is 10.4 Å². The molecule has 0 saturated carbocycles. The van der Waals surface area contributed by atoms with Crippen LogP contribution in [0.1, 0.15) is 32.9 Å². The van der Waals surface area contributed by atoms with E-state index in [0.717, 1.165) is 17.8 Å². The Morgan fingerprint density at radius 1 is 1.32 bits per heavy atom. The summed E-state index contributed by atoms with van der Waals surface area (Å²) in [5.41, 5.74) is 16.5. The summed E-state index contributed by atoms with van der Waals surface area (Å²) in [7, 11) is 0. The number of carbonyl (C=O) groups excluding carboxylic acids is 2. The molecule has 104 valence electrons. The first kappa shape index (κ1) is 13.6. The fourth-order valence-electron chi connectivity index (χ4n) is 2.21. The molecular weight excluding hydrogens is 268 g/mol. The van der Waals surface area contributed by atoms with Gasteiger partial charge in [-0.3, -0.25) is 9.59 Å². The van der Waals surface area contributed by atoms with Crippen LogP contribution in [0.2, 0.25) is 0 Å². The number of primary amides is 2. The molecule has 2 amide bonds. The molecule has 1 aromatic rings. The Balaban J connectivity index is 2.46. The number of hydrogen-bond acceptors (Lipinski definition) is 6. The third-order valence-electron chi connectivity index (χ3n) is 3.08. The number of hydrogen-bond donors (Lipinski definition) is 4. The summed E-state index contributed by atoms with van der Waals surface area (Å²) in [6.45, 7) is 1.06. The number of piperidine rings is 1. The molecular formula is C11H16N4O3S. The maximum absolute atomic E-state index is 11.5. The number of anilines is 2. The van der Waals surface area contributed by atoms with Gasteiger partial charge in [-0.25, -0.2) is 0 Å². The minimum Gasteiger partial charge on any atom is -0.397 e. The summed E-state index contributed by atoms with van der Waals surface area (Å²) in [5.74, 6) is -1.38. The van der Waals surface area contributed by atoms with Crippen LogP contribution in [-0.4, -0.2) is 36.1 Å². The molecule has 0 bridgehead atoms. The standard InChI is InChI=1S/C11H16N4O3S/c12-7-6(9(13)17)11(19-8(7)10(14)18)15-3-1-2-5(16)4-15/h5,16H,1-4,12H2,(H2,13,17)(H2,14,18). The van der Waals surface area contributed by atoms with Crippen molar-refractivity contribution in [3.63, 3.8) is 0 Å². The Bertz CT molecular complexity index is 528. The smallest absolute Gasteiger partial charge is 0.260 e. The first-order valence-electron chi connectivity index (χ1n) is 5.86. The van der Waals surface area contributed by atoms with Gasteiger partial charge in [0, 0.05) is 13.1 Å². The molecule has 2 rings (SSSR count). The second kappa shape index (κ2) is 5.06. The summed E-state index contributed by atoms with van der Waals surface area (Å²) >= 11 is 1.05. The van der Waals surface area contributed by atoms with E-state index in [1.54, 1.807) is 0 Å². The number of nitrogen functional groups attached to an aromatic ring is 1. The largest absolute Gasteiger partial charge is 0.397 e. The van der Waals surface area contributed by atoms with E-state index in [1.165, 1.54) is 0 Å². The third kappa shape index (κ3) is 2.49. The minimum absolute atomic E-state index is 0.0278. The highest BCUT2D eigenvalue weighted by Gasteiger charge is 2.28. The molecule has 1 atom stereocenters. The van der Waals surface area contributed by atoms with Gasteiger partial charge in [0.1, 0.15) is 9.88 Å². The Morgan fingerprint density at radius 3 is 2.53 bits per heavy atom. The number of carbonyl (C=O) groups is 2. The van der Waals surface area contributed by atoms with Crippen molar-refractivity contribution in [3.8, 4) is 0 Å². The average molecular weight is 284 g/mol. The van der Waals surface area contributed by atoms with Crippen molar-refractivity contribution in [1.29, 1.82) is 0 Å². The fourth-order valence-corrected chi connectivity index (χ4v) is 3.33. The van der Waals surface area contributed by atoms with Crippen molar-refractivity contribution >= 4 is 33.8 Å². The Morgan fingerprint density at radius 2 is 2.00 bits per heavy atom. The molecule has 1 aliphatic heterocycles. The zero-order chi connectivity index (χ0) is 14.2. The van der Waals surface area contributed by atoms with Crippen LogP contribution >= 0.6 is 11.3 Å². The number of nitrogens with two attached hydrogens (primary N) is 3. The average Bonchev–Trinajstić information content (AvgIpc) is 2.67. The van der Waals surface area contributed by atoms with Crippen LogP contribution in [-0.2, 0) is 0 Å². The van der Waals surface area contributed by atoms with Gasteiger partial charge in [-0.1, -0.05) is 0 Å². The maximum Gasteiger partial charge on any atom is 0.260 e. The zero-order valence-electron chi connectivity index (χ0n) is 10.3. The molecule has 1 aliphatic rings. The molecule has 0 radical (unpaired) electrons. The second-order valence-electron chi connectivity index (χ2n) is 4.50. The molecule has 8 heteroatoms. The highest BCUT2D eigenvalue weighted by molar-refractivity contribution is 7.19. The number of aliphatic hydroxyl groups is 1. The minimum atomic E-state index is -0.698. The molecule has 7 N–H and O–H groups in total. The van der Waals surface area contributed by atoms with E-state index in [2.05, 4.69) is 0 Å². The Kier molecular flexibility index (Phi) is 3.63. The van der Waals surface area contributed by atoms with Gasteiger partial charge in [0.2, 0.25) is 0 Å². The molecule has 1 unspecified atom stereocenters. The number of nitrogens with zero attached hydrogens (tertiary/aromatic N) is 1. The van der Waals surface area contributed by atoms with E-state index in [1.807, 2.05) is 4.90 Å². The summed E-state index contributed by atoms with van der Waals surface area (Å²) in [6, 6.07) is 0. The number of amides is 2. The summed E-state index contributed by atoms with van der Waals surface area (Å²) in [6.07, 6.45) is 1.05. The van der Waals surface area contributed by atoms with Crippen LogP contribution in [0.4, 0.5) is 10.7 Å². The van der Waals surface area contributed by atoms with Crippen LogP contribution in [0.3, 0.4) is 0 Å². The van der Waals surface area contributed by atoms with Gasteiger partial charge >= 0.3 is 0 Å². The normalized spacial score (nSPS) is 19.4. The number of β-amino-alcohol motifs (C(OH)–C–C–N with tert-alkyl or cyclic N) is 1. The van der Waals surface area contributed by atoms with Gasteiger partial charge < -0.3 is 27.2 Å². The monoisotopic (exact) mass is 284 g/mol. The number of rotatable bonds is 3. The van der Waals surface area contributed by atoms with Gasteiger partial charge in [0.25, 0.3) is 11.8 Å². The lowest BCUT2D eigenvalue weighted by Gasteiger charge is -2.31. The first-order chi connectivity index (χ1) is 8.91. The Hall–Kier alpha value is -1.80.